The van der Waals surface area contributed by atoms with Crippen LogP contribution in [0.25, 0.3) is 0 Å². The quantitative estimate of drug-likeness (QED) is 0.0200. The normalized spacial score (nSPS) is 13.0. The predicted octanol–water partition coefficient (Wildman–Crippen LogP) is 16.0. The Morgan fingerprint density at radius 3 is 1.11 bits per heavy atom. The second-order valence-corrected chi connectivity index (χ2v) is 15.8. The van der Waals surface area contributed by atoms with Crippen molar-refractivity contribution in [2.45, 2.75) is 207 Å². The lowest BCUT2D eigenvalue weighted by Crippen LogP contribution is -2.30. The van der Waals surface area contributed by atoms with E-state index in [0.717, 1.165) is 103 Å². The number of allylic oxidation sites excluding steroid dienone is 18. The van der Waals surface area contributed by atoms with Gasteiger partial charge < -0.3 is 14.2 Å². The van der Waals surface area contributed by atoms with Gasteiger partial charge in [-0.05, 0) is 83.5 Å². The van der Waals surface area contributed by atoms with Gasteiger partial charge in [0, 0.05) is 19.3 Å². The molecule has 6 heteroatoms. The molecule has 0 aromatic rings. The maximum absolute atomic E-state index is 12.7. The predicted molar refractivity (Wildman–Crippen MR) is 260 cm³/mol. The van der Waals surface area contributed by atoms with E-state index in [9.17, 15) is 14.4 Å². The third-order valence-corrected chi connectivity index (χ3v) is 9.93. The highest BCUT2D eigenvalue weighted by molar-refractivity contribution is 5.71. The largest absolute Gasteiger partial charge is 0.462 e. The van der Waals surface area contributed by atoms with Crippen molar-refractivity contribution in [2.75, 3.05) is 13.2 Å². The molecule has 1 atom stereocenters. The SMILES string of the molecule is CC\C=C/C=C\C=C/C=C\C=C\C=C/C=C\CCCCCC(=O)OCC(COC(=O)CCCCCC/C=C\CCCC)OC(=O)CCCCC/C=C\CCCCCCCCC. The number of carbonyl (C=O) groups is 3. The first-order valence-electron chi connectivity index (χ1n) is 24.5. The van der Waals surface area contributed by atoms with E-state index >= 15 is 0 Å². The lowest BCUT2D eigenvalue weighted by Gasteiger charge is -2.18. The fourth-order valence-corrected chi connectivity index (χ4v) is 6.22. The zero-order valence-electron chi connectivity index (χ0n) is 39.1. The number of esters is 3. The van der Waals surface area contributed by atoms with Gasteiger partial charge in [-0.3, -0.25) is 14.4 Å². The molecule has 1 unspecified atom stereocenters. The van der Waals surface area contributed by atoms with Crippen molar-refractivity contribution in [1.29, 1.82) is 0 Å². The molecule has 0 N–H and O–H groups in total. The van der Waals surface area contributed by atoms with E-state index in [1.54, 1.807) is 0 Å². The van der Waals surface area contributed by atoms with Gasteiger partial charge in [0.15, 0.2) is 6.10 Å². The van der Waals surface area contributed by atoms with Gasteiger partial charge in [0.1, 0.15) is 13.2 Å². The molecule has 0 aromatic heterocycles. The van der Waals surface area contributed by atoms with E-state index in [0.29, 0.717) is 19.3 Å². The first-order valence-corrected chi connectivity index (χ1v) is 24.5. The molecule has 0 saturated carbocycles. The topological polar surface area (TPSA) is 78.9 Å². The van der Waals surface area contributed by atoms with Crippen molar-refractivity contribution < 1.29 is 28.6 Å². The van der Waals surface area contributed by atoms with Gasteiger partial charge in [-0.25, -0.2) is 0 Å². The van der Waals surface area contributed by atoms with Crippen LogP contribution < -0.4 is 0 Å². The summed E-state index contributed by atoms with van der Waals surface area (Å²) in [6.07, 6.45) is 65.0. The van der Waals surface area contributed by atoms with Gasteiger partial charge in [-0.15, -0.1) is 0 Å². The molecule has 0 saturated heterocycles. The summed E-state index contributed by atoms with van der Waals surface area (Å²) in [6, 6.07) is 0. The van der Waals surface area contributed by atoms with E-state index in [1.165, 1.54) is 57.8 Å². The molecule has 0 spiro atoms. The summed E-state index contributed by atoms with van der Waals surface area (Å²) in [6.45, 7) is 6.36. The van der Waals surface area contributed by atoms with Crippen molar-refractivity contribution in [2.24, 2.45) is 0 Å². The Labute approximate surface area is 374 Å². The monoisotopic (exact) mass is 845 g/mol. The van der Waals surface area contributed by atoms with Gasteiger partial charge in [-0.2, -0.15) is 0 Å². The van der Waals surface area contributed by atoms with Gasteiger partial charge in [0.2, 0.25) is 0 Å². The lowest BCUT2D eigenvalue weighted by atomic mass is 10.1. The van der Waals surface area contributed by atoms with Crippen molar-refractivity contribution in [3.63, 3.8) is 0 Å². The molecule has 0 aromatic carbocycles. The Balaban J connectivity index is 4.52. The Morgan fingerprint density at radius 2 is 0.672 bits per heavy atom. The number of ether oxygens (including phenoxy) is 3. The van der Waals surface area contributed by atoms with Crippen LogP contribution in [0.2, 0.25) is 0 Å². The van der Waals surface area contributed by atoms with Crippen LogP contribution in [0.3, 0.4) is 0 Å². The van der Waals surface area contributed by atoms with Gasteiger partial charge in [0.05, 0.1) is 0 Å². The summed E-state index contributed by atoms with van der Waals surface area (Å²) >= 11 is 0. The fraction of sp³-hybridized carbons (Fsp3) is 0.618. The molecule has 0 rings (SSSR count). The minimum atomic E-state index is -0.809. The van der Waals surface area contributed by atoms with E-state index in [-0.39, 0.29) is 31.1 Å². The highest BCUT2D eigenvalue weighted by Crippen LogP contribution is 2.12. The van der Waals surface area contributed by atoms with Gasteiger partial charge >= 0.3 is 17.9 Å². The molecule has 0 heterocycles. The molecular weight excluding hydrogens is 757 g/mol. The molecule has 0 aliphatic rings. The summed E-state index contributed by atoms with van der Waals surface area (Å²) < 4.78 is 16.7. The maximum atomic E-state index is 12.7. The van der Waals surface area contributed by atoms with Gasteiger partial charge in [-0.1, -0.05) is 207 Å². The molecule has 6 nitrogen and oxygen atoms in total. The molecule has 0 bridgehead atoms. The Kier molecular flexibility index (Phi) is 45.6. The lowest BCUT2D eigenvalue weighted by molar-refractivity contribution is -0.167. The molecule has 344 valence electrons. The second-order valence-electron chi connectivity index (χ2n) is 15.8. The fourth-order valence-electron chi connectivity index (χ4n) is 6.22. The zero-order valence-corrected chi connectivity index (χ0v) is 39.1. The van der Waals surface area contributed by atoms with Crippen LogP contribution in [-0.4, -0.2) is 37.2 Å². The maximum Gasteiger partial charge on any atom is 0.306 e. The second kappa shape index (κ2) is 48.7. The number of hydrogen-bond donors (Lipinski definition) is 0. The Morgan fingerprint density at radius 1 is 0.344 bits per heavy atom. The Bertz CT molecular complexity index is 1290. The number of carbonyl (C=O) groups excluding carboxylic acids is 3. The third kappa shape index (κ3) is 47.0. The number of unbranched alkanes of at least 4 members (excludes halogenated alkanes) is 19. The third-order valence-electron chi connectivity index (χ3n) is 9.93. The Hall–Kier alpha value is -3.93. The number of hydrogen-bond acceptors (Lipinski definition) is 6. The van der Waals surface area contributed by atoms with Crippen molar-refractivity contribution in [1.82, 2.24) is 0 Å². The van der Waals surface area contributed by atoms with Gasteiger partial charge in [0.25, 0.3) is 0 Å². The van der Waals surface area contributed by atoms with Crippen LogP contribution in [0.5, 0.6) is 0 Å². The first-order chi connectivity index (χ1) is 30.0. The van der Waals surface area contributed by atoms with Crippen LogP contribution in [0.15, 0.2) is 109 Å². The van der Waals surface area contributed by atoms with Crippen molar-refractivity contribution >= 4 is 17.9 Å². The minimum Gasteiger partial charge on any atom is -0.462 e. The average Bonchev–Trinajstić information content (AvgIpc) is 3.26. The molecule has 0 amide bonds. The first kappa shape index (κ1) is 57.1. The zero-order chi connectivity index (χ0) is 44.4. The summed E-state index contributed by atoms with van der Waals surface area (Å²) in [5.74, 6) is -0.991. The molecule has 61 heavy (non-hydrogen) atoms. The van der Waals surface area contributed by atoms with Crippen LogP contribution in [0.4, 0.5) is 0 Å². The van der Waals surface area contributed by atoms with Crippen LogP contribution in [0, 0.1) is 0 Å². The van der Waals surface area contributed by atoms with Crippen LogP contribution in [0.1, 0.15) is 201 Å². The summed E-state index contributed by atoms with van der Waals surface area (Å²) in [4.78, 5) is 37.8. The summed E-state index contributed by atoms with van der Waals surface area (Å²) in [5.41, 5.74) is 0. The molecular formula is C55H88O6. The summed E-state index contributed by atoms with van der Waals surface area (Å²) in [5, 5.41) is 0. The van der Waals surface area contributed by atoms with Crippen LogP contribution >= 0.6 is 0 Å². The van der Waals surface area contributed by atoms with Crippen molar-refractivity contribution in [3.05, 3.63) is 109 Å². The minimum absolute atomic E-state index is 0.107. The van der Waals surface area contributed by atoms with E-state index in [4.69, 9.17) is 14.2 Å². The molecule has 0 aliphatic heterocycles. The standard InChI is InChI=1S/C55H88O6/c1-4-7-10-13-16-19-22-24-26-27-28-29-30-32-33-36-39-42-45-48-54(57)60-51-52(50-59-53(56)47-44-41-38-35-21-18-15-12-9-6-3)61-55(58)49-46-43-40-37-34-31-25-23-20-17-14-11-8-5-2/h7,10,13,15-16,18-19,22,24,26-34,52H,4-6,8-9,11-12,14,17,20-21,23,25,35-51H2,1-3H3/b10-7-,16-13-,18-15-,22-19-,26-24-,28-27+,30-29-,33-32-,34-31-. The van der Waals surface area contributed by atoms with E-state index < -0.39 is 6.10 Å². The molecule has 0 fully saturated rings. The van der Waals surface area contributed by atoms with E-state index in [1.807, 2.05) is 72.9 Å². The number of rotatable bonds is 42. The average molecular weight is 845 g/mol. The summed E-state index contributed by atoms with van der Waals surface area (Å²) in [7, 11) is 0. The smallest absolute Gasteiger partial charge is 0.306 e. The van der Waals surface area contributed by atoms with Crippen LogP contribution in [-0.2, 0) is 28.6 Å². The highest BCUT2D eigenvalue weighted by atomic mass is 16.6. The van der Waals surface area contributed by atoms with E-state index in [2.05, 4.69) is 57.2 Å². The molecule has 0 aliphatic carbocycles. The highest BCUT2D eigenvalue weighted by Gasteiger charge is 2.19. The van der Waals surface area contributed by atoms with Crippen molar-refractivity contribution in [3.8, 4) is 0 Å². The molecule has 0 radical (unpaired) electrons.